The minimum Gasteiger partial charge on any atom is -0.288 e. The van der Waals surface area contributed by atoms with Crippen molar-refractivity contribution in [1.29, 1.82) is 0 Å². The molecular formula is C10H4Cl2FNOS. The topological polar surface area (TPSA) is 30.0 Å². The Kier molecular flexibility index (Phi) is 3.23. The maximum absolute atomic E-state index is 13.3. The first-order chi connectivity index (χ1) is 7.59. The van der Waals surface area contributed by atoms with Crippen molar-refractivity contribution in [3.05, 3.63) is 50.1 Å². The van der Waals surface area contributed by atoms with Gasteiger partial charge >= 0.3 is 0 Å². The monoisotopic (exact) mass is 275 g/mol. The van der Waals surface area contributed by atoms with E-state index in [0.29, 0.717) is 4.34 Å². The smallest absolute Gasteiger partial charge is 0.198 e. The lowest BCUT2D eigenvalue weighted by Crippen LogP contribution is -2.03. The van der Waals surface area contributed by atoms with Gasteiger partial charge < -0.3 is 0 Å². The normalized spacial score (nSPS) is 10.4. The van der Waals surface area contributed by atoms with E-state index in [1.165, 1.54) is 18.3 Å². The molecule has 0 aromatic carbocycles. The first-order valence-electron chi connectivity index (χ1n) is 4.18. The average molecular weight is 276 g/mol. The third-order valence-corrected chi connectivity index (χ3v) is 3.41. The zero-order valence-corrected chi connectivity index (χ0v) is 10.0. The number of halogens is 3. The third-order valence-electron chi connectivity index (χ3n) is 1.92. The Bertz CT molecular complexity index is 556. The minimum atomic E-state index is -0.675. The van der Waals surface area contributed by atoms with Crippen LogP contribution in [0.5, 0.6) is 0 Å². The van der Waals surface area contributed by atoms with E-state index < -0.39 is 11.6 Å². The number of hydrogen-bond donors (Lipinski definition) is 0. The van der Waals surface area contributed by atoms with Gasteiger partial charge in [-0.2, -0.15) is 0 Å². The Balaban J connectivity index is 2.47. The first-order valence-corrected chi connectivity index (χ1v) is 5.76. The molecule has 2 aromatic rings. The van der Waals surface area contributed by atoms with Crippen LogP contribution in [0.2, 0.25) is 8.67 Å². The van der Waals surface area contributed by atoms with Crippen LogP contribution in [0.4, 0.5) is 4.39 Å². The molecule has 0 amide bonds. The molecule has 16 heavy (non-hydrogen) atoms. The fourth-order valence-corrected chi connectivity index (χ4v) is 2.66. The summed E-state index contributed by atoms with van der Waals surface area (Å²) in [5.41, 5.74) is 0.146. The summed E-state index contributed by atoms with van der Waals surface area (Å²) in [6.45, 7) is 0. The van der Waals surface area contributed by atoms with Gasteiger partial charge in [0.15, 0.2) is 11.6 Å². The van der Waals surface area contributed by atoms with Gasteiger partial charge in [-0.05, 0) is 12.1 Å². The second-order valence-corrected chi connectivity index (χ2v) is 5.21. The van der Waals surface area contributed by atoms with Crippen LogP contribution in [0.25, 0.3) is 0 Å². The Morgan fingerprint density at radius 3 is 2.69 bits per heavy atom. The number of hydrogen-bond acceptors (Lipinski definition) is 3. The Morgan fingerprint density at radius 1 is 1.38 bits per heavy atom. The summed E-state index contributed by atoms with van der Waals surface area (Å²) in [6.07, 6.45) is 2.33. The predicted molar refractivity (Wildman–Crippen MR) is 62.0 cm³/mol. The molecule has 2 heterocycles. The number of nitrogens with zero attached hydrogens (tertiary/aromatic N) is 1. The molecule has 0 aliphatic heterocycles. The van der Waals surface area contributed by atoms with Crippen LogP contribution < -0.4 is 0 Å². The molecule has 0 unspecified atom stereocenters. The first kappa shape index (κ1) is 11.5. The Hall–Kier alpha value is -0.970. The molecule has 0 aliphatic carbocycles. The molecule has 0 bridgehead atoms. The van der Waals surface area contributed by atoms with Crippen LogP contribution in [-0.4, -0.2) is 10.8 Å². The molecule has 2 rings (SSSR count). The summed E-state index contributed by atoms with van der Waals surface area (Å²) >= 11 is 12.6. The molecule has 0 saturated carbocycles. The lowest BCUT2D eigenvalue weighted by molar-refractivity contribution is 0.103. The molecule has 0 aliphatic rings. The van der Waals surface area contributed by atoms with Gasteiger partial charge in [0.05, 0.1) is 21.7 Å². The van der Waals surface area contributed by atoms with Crippen molar-refractivity contribution < 1.29 is 9.18 Å². The average Bonchev–Trinajstić information content (AvgIpc) is 2.58. The van der Waals surface area contributed by atoms with Crippen molar-refractivity contribution >= 4 is 40.3 Å². The van der Waals surface area contributed by atoms with E-state index in [0.717, 1.165) is 17.5 Å². The van der Waals surface area contributed by atoms with Gasteiger partial charge in [-0.15, -0.1) is 11.3 Å². The van der Waals surface area contributed by atoms with Crippen LogP contribution in [0.15, 0.2) is 24.5 Å². The number of pyridine rings is 1. The summed E-state index contributed by atoms with van der Waals surface area (Å²) in [5, 5.41) is 0. The lowest BCUT2D eigenvalue weighted by Gasteiger charge is -1.99. The van der Waals surface area contributed by atoms with E-state index in [9.17, 15) is 9.18 Å². The lowest BCUT2D eigenvalue weighted by atomic mass is 10.1. The predicted octanol–water partition coefficient (Wildman–Crippen LogP) is 3.82. The fraction of sp³-hybridized carbons (Fsp3) is 0. The summed E-state index contributed by atoms with van der Waals surface area (Å²) in [7, 11) is 0. The van der Waals surface area contributed by atoms with Crippen molar-refractivity contribution in [3.63, 3.8) is 0 Å². The molecule has 0 saturated heterocycles. The molecule has 0 fully saturated rings. The van der Waals surface area contributed by atoms with E-state index in [1.54, 1.807) is 0 Å². The highest BCUT2D eigenvalue weighted by atomic mass is 35.5. The summed E-state index contributed by atoms with van der Waals surface area (Å²) < 4.78 is 14.0. The zero-order valence-electron chi connectivity index (χ0n) is 7.71. The van der Waals surface area contributed by atoms with Crippen molar-refractivity contribution in [3.8, 4) is 0 Å². The van der Waals surface area contributed by atoms with Gasteiger partial charge in [0.1, 0.15) is 4.34 Å². The second-order valence-electron chi connectivity index (χ2n) is 2.92. The number of thiophene rings is 1. The number of rotatable bonds is 2. The van der Waals surface area contributed by atoms with E-state index in [1.807, 2.05) is 0 Å². The molecule has 2 aromatic heterocycles. The summed E-state index contributed by atoms with van der Waals surface area (Å²) in [5.74, 6) is -1.17. The number of ketones is 1. The van der Waals surface area contributed by atoms with Gasteiger partial charge in [-0.1, -0.05) is 23.2 Å². The Labute approximate surface area is 105 Å². The second kappa shape index (κ2) is 4.49. The zero-order chi connectivity index (χ0) is 11.7. The molecule has 82 valence electrons. The maximum atomic E-state index is 13.3. The van der Waals surface area contributed by atoms with Gasteiger partial charge in [-0.25, -0.2) is 4.39 Å². The van der Waals surface area contributed by atoms with Crippen molar-refractivity contribution in [1.82, 2.24) is 4.98 Å². The highest BCUT2D eigenvalue weighted by Gasteiger charge is 2.18. The molecule has 0 N–H and O–H groups in total. The van der Waals surface area contributed by atoms with E-state index in [2.05, 4.69) is 4.98 Å². The third kappa shape index (κ3) is 2.09. The number of carbonyl (C=O) groups is 1. The van der Waals surface area contributed by atoms with Crippen LogP contribution in [0.1, 0.15) is 15.9 Å². The van der Waals surface area contributed by atoms with Gasteiger partial charge in [-0.3, -0.25) is 9.78 Å². The van der Waals surface area contributed by atoms with Crippen molar-refractivity contribution in [2.24, 2.45) is 0 Å². The van der Waals surface area contributed by atoms with Gasteiger partial charge in [0, 0.05) is 6.20 Å². The Morgan fingerprint density at radius 2 is 2.12 bits per heavy atom. The minimum absolute atomic E-state index is 0.0635. The van der Waals surface area contributed by atoms with E-state index >= 15 is 0 Å². The summed E-state index contributed by atoms with van der Waals surface area (Å²) in [4.78, 5) is 15.5. The van der Waals surface area contributed by atoms with Crippen LogP contribution in [0.3, 0.4) is 0 Å². The van der Waals surface area contributed by atoms with E-state index in [-0.39, 0.29) is 15.5 Å². The maximum Gasteiger partial charge on any atom is 0.198 e. The highest BCUT2D eigenvalue weighted by Crippen LogP contribution is 2.32. The standard InChI is InChI=1S/C10H4Cl2FNOS/c11-8-3-6(10(12)16-8)9(15)5-1-2-14-4-7(5)13/h1-4H. The molecular weight excluding hydrogens is 272 g/mol. The van der Waals surface area contributed by atoms with Crippen LogP contribution in [-0.2, 0) is 0 Å². The molecule has 0 radical (unpaired) electrons. The van der Waals surface area contributed by atoms with Crippen molar-refractivity contribution in [2.75, 3.05) is 0 Å². The molecule has 6 heteroatoms. The van der Waals surface area contributed by atoms with Crippen molar-refractivity contribution in [2.45, 2.75) is 0 Å². The van der Waals surface area contributed by atoms with Crippen LogP contribution >= 0.6 is 34.5 Å². The SMILES string of the molecule is O=C(c1ccncc1F)c1cc(Cl)sc1Cl. The molecule has 0 atom stereocenters. The fourth-order valence-electron chi connectivity index (χ4n) is 1.20. The van der Waals surface area contributed by atoms with E-state index in [4.69, 9.17) is 23.2 Å². The largest absolute Gasteiger partial charge is 0.288 e. The van der Waals surface area contributed by atoms with Crippen LogP contribution in [0, 0.1) is 5.82 Å². The highest BCUT2D eigenvalue weighted by molar-refractivity contribution is 7.20. The molecule has 2 nitrogen and oxygen atoms in total. The summed E-state index contributed by atoms with van der Waals surface area (Å²) in [6, 6.07) is 2.73. The number of aromatic nitrogens is 1. The quantitative estimate of drug-likeness (QED) is 0.780. The van der Waals surface area contributed by atoms with Gasteiger partial charge in [0.2, 0.25) is 0 Å². The van der Waals surface area contributed by atoms with Gasteiger partial charge in [0.25, 0.3) is 0 Å². The number of carbonyl (C=O) groups excluding carboxylic acids is 1. The molecule has 0 spiro atoms.